The number of urea groups is 1. The smallest absolute Gasteiger partial charge is 0.327 e. The Morgan fingerprint density at radius 2 is 1.74 bits per heavy atom. The maximum absolute atomic E-state index is 13.3. The van der Waals surface area contributed by atoms with E-state index in [2.05, 4.69) is 17.3 Å². The molecule has 3 saturated heterocycles. The normalized spacial score (nSPS) is 26.9. The number of fused-ring (bicyclic) bond motifs is 1. The van der Waals surface area contributed by atoms with Crippen molar-refractivity contribution in [2.45, 2.75) is 58.1 Å². The first-order valence-corrected chi connectivity index (χ1v) is 13.8. The zero-order valence-electron chi connectivity index (χ0n) is 23.1. The van der Waals surface area contributed by atoms with Crippen molar-refractivity contribution >= 4 is 17.8 Å². The molecular formula is C29H38N4O6. The number of nitrogens with one attached hydrogen (secondary N) is 1. The molecule has 1 aromatic rings. The van der Waals surface area contributed by atoms with Gasteiger partial charge in [-0.05, 0) is 62.7 Å². The van der Waals surface area contributed by atoms with Gasteiger partial charge in [0, 0.05) is 31.7 Å². The average Bonchev–Trinajstić information content (AvgIpc) is 3.42. The number of carbonyl (C=O) groups is 3. The summed E-state index contributed by atoms with van der Waals surface area (Å²) in [7, 11) is 2.05. The van der Waals surface area contributed by atoms with Crippen molar-refractivity contribution in [3.8, 4) is 5.75 Å². The summed E-state index contributed by atoms with van der Waals surface area (Å²) in [4.78, 5) is 44.8. The van der Waals surface area contributed by atoms with Gasteiger partial charge in [0.05, 0.1) is 6.04 Å². The fourth-order valence-electron chi connectivity index (χ4n) is 5.67. The van der Waals surface area contributed by atoms with Gasteiger partial charge in [-0.25, -0.2) is 9.69 Å². The predicted octanol–water partition coefficient (Wildman–Crippen LogP) is 2.76. The monoisotopic (exact) mass is 538 g/mol. The number of hydrogen-bond acceptors (Lipinski definition) is 7. The van der Waals surface area contributed by atoms with Crippen molar-refractivity contribution < 1.29 is 28.6 Å². The van der Waals surface area contributed by atoms with Gasteiger partial charge in [-0.2, -0.15) is 0 Å². The van der Waals surface area contributed by atoms with Crippen LogP contribution in [0.2, 0.25) is 0 Å². The van der Waals surface area contributed by atoms with Crippen LogP contribution in [0.1, 0.15) is 44.0 Å². The summed E-state index contributed by atoms with van der Waals surface area (Å²) in [6, 6.07) is 6.11. The predicted molar refractivity (Wildman–Crippen MR) is 144 cm³/mol. The number of hydrogen-bond donors (Lipinski definition) is 1. The number of amides is 4. The van der Waals surface area contributed by atoms with Crippen molar-refractivity contribution in [3.63, 3.8) is 0 Å². The molecule has 4 atom stereocenters. The lowest BCUT2D eigenvalue weighted by molar-refractivity contribution is -0.190. The van der Waals surface area contributed by atoms with Crippen LogP contribution in [0, 0.1) is 5.41 Å². The van der Waals surface area contributed by atoms with Gasteiger partial charge in [0.15, 0.2) is 6.23 Å². The van der Waals surface area contributed by atoms with E-state index < -0.39 is 17.7 Å². The number of benzene rings is 1. The highest BCUT2D eigenvalue weighted by atomic mass is 16.7. The highest BCUT2D eigenvalue weighted by molar-refractivity contribution is 6.03. The van der Waals surface area contributed by atoms with Crippen molar-refractivity contribution in [2.75, 3.05) is 40.0 Å². The van der Waals surface area contributed by atoms with Gasteiger partial charge < -0.3 is 29.3 Å². The van der Waals surface area contributed by atoms with E-state index in [1.165, 1.54) is 4.90 Å². The van der Waals surface area contributed by atoms with E-state index in [0.717, 1.165) is 18.7 Å². The van der Waals surface area contributed by atoms with Crippen LogP contribution < -0.4 is 10.1 Å². The summed E-state index contributed by atoms with van der Waals surface area (Å²) < 4.78 is 17.3. The molecule has 4 amide bonds. The number of likely N-dealkylation sites (N-methyl/N-ethyl adjacent to an activating group) is 1. The van der Waals surface area contributed by atoms with E-state index in [1.807, 2.05) is 43.9 Å². The fraction of sp³-hybridized carbons (Fsp3) is 0.552. The number of nitrogens with zero attached hydrogens (tertiary/aromatic N) is 3. The van der Waals surface area contributed by atoms with Crippen molar-refractivity contribution in [3.05, 3.63) is 53.6 Å². The molecule has 1 N–H and O–H groups in total. The summed E-state index contributed by atoms with van der Waals surface area (Å²) in [5.41, 5.74) is 0.685. The number of piperazine rings is 1. The molecule has 39 heavy (non-hydrogen) atoms. The highest BCUT2D eigenvalue weighted by Gasteiger charge is 2.63. The van der Waals surface area contributed by atoms with E-state index in [9.17, 15) is 14.4 Å². The quantitative estimate of drug-likeness (QED) is 0.533. The third kappa shape index (κ3) is 5.08. The second kappa shape index (κ2) is 11.1. The Kier molecular flexibility index (Phi) is 7.80. The lowest BCUT2D eigenvalue weighted by Gasteiger charge is -2.53. The average molecular weight is 539 g/mol. The maximum Gasteiger partial charge on any atom is 0.327 e. The Bertz CT molecular complexity index is 1150. The van der Waals surface area contributed by atoms with E-state index in [1.54, 1.807) is 24.3 Å². The first-order chi connectivity index (χ1) is 18.8. The summed E-state index contributed by atoms with van der Waals surface area (Å²) in [6.45, 7) is 9.09. The molecule has 10 heteroatoms. The minimum absolute atomic E-state index is 0.00752. The number of imide groups is 1. The molecule has 1 aliphatic carbocycles. The largest absolute Gasteiger partial charge is 0.469 e. The number of ether oxygens (including phenoxy) is 3. The standard InChI is InChI=1S/C29H38N4O6/c1-5-29(6-2)26(35)33(28(36)30-19(3)21-9-12-23-24(17-21)38-18-37-23)27(29)39-22-10-7-20(8-11-22)25(34)32-15-13-31(4)14-16-32/h7-12,17,19,23-24,27H,5-6,13-16,18H2,1-4H3,(H,30,36). The van der Waals surface area contributed by atoms with Crippen LogP contribution in [-0.2, 0) is 14.3 Å². The van der Waals surface area contributed by atoms with Crippen LogP contribution in [0.4, 0.5) is 4.79 Å². The molecule has 0 spiro atoms. The molecule has 3 heterocycles. The van der Waals surface area contributed by atoms with Crippen molar-refractivity contribution in [1.82, 2.24) is 20.0 Å². The Morgan fingerprint density at radius 1 is 1.08 bits per heavy atom. The van der Waals surface area contributed by atoms with Crippen molar-refractivity contribution in [2.24, 2.45) is 5.41 Å². The van der Waals surface area contributed by atoms with Gasteiger partial charge in [0.25, 0.3) is 5.91 Å². The molecule has 1 aromatic carbocycles. The molecule has 3 fully saturated rings. The van der Waals surface area contributed by atoms with E-state index >= 15 is 0 Å². The number of rotatable bonds is 7. The Labute approximate surface area is 229 Å². The van der Waals surface area contributed by atoms with Gasteiger partial charge in [0.2, 0.25) is 5.91 Å². The van der Waals surface area contributed by atoms with E-state index in [4.69, 9.17) is 14.2 Å². The molecular weight excluding hydrogens is 500 g/mol. The number of β-lactam (4-membered cyclic amide) rings is 1. The molecule has 0 radical (unpaired) electrons. The molecule has 5 rings (SSSR count). The second-order valence-electron chi connectivity index (χ2n) is 10.7. The van der Waals surface area contributed by atoms with E-state index in [-0.39, 0.29) is 36.9 Å². The molecule has 3 aliphatic heterocycles. The minimum Gasteiger partial charge on any atom is -0.469 e. The molecule has 4 aliphatic rings. The van der Waals surface area contributed by atoms with Crippen molar-refractivity contribution in [1.29, 1.82) is 0 Å². The van der Waals surface area contributed by atoms with Crippen LogP contribution in [0.3, 0.4) is 0 Å². The zero-order chi connectivity index (χ0) is 27.7. The molecule has 210 valence electrons. The molecule has 0 bridgehead atoms. The summed E-state index contributed by atoms with van der Waals surface area (Å²) in [5.74, 6) is 0.249. The van der Waals surface area contributed by atoms with Gasteiger partial charge in [0.1, 0.15) is 30.2 Å². The number of carbonyl (C=O) groups excluding carboxylic acids is 3. The van der Waals surface area contributed by atoms with Crippen LogP contribution in [0.25, 0.3) is 0 Å². The second-order valence-corrected chi connectivity index (χ2v) is 10.7. The van der Waals surface area contributed by atoms with Gasteiger partial charge in [-0.3, -0.25) is 9.59 Å². The molecule has 0 saturated carbocycles. The summed E-state index contributed by atoms with van der Waals surface area (Å²) in [5, 5.41) is 2.94. The topological polar surface area (TPSA) is 101 Å². The van der Waals surface area contributed by atoms with Gasteiger partial charge >= 0.3 is 6.03 Å². The van der Waals surface area contributed by atoms with Gasteiger partial charge in [-0.1, -0.05) is 26.0 Å². The van der Waals surface area contributed by atoms with E-state index in [0.29, 0.717) is 37.2 Å². The summed E-state index contributed by atoms with van der Waals surface area (Å²) in [6.07, 6.45) is 5.84. The first-order valence-electron chi connectivity index (χ1n) is 13.8. The SMILES string of the molecule is CCC1(CC)C(=O)N(C(=O)NC(C)C2=CC3OCOC3C=C2)C1Oc1ccc(C(=O)N2CCN(C)CC2)cc1. The van der Waals surface area contributed by atoms with Gasteiger partial charge in [-0.15, -0.1) is 0 Å². The van der Waals surface area contributed by atoms with Crippen LogP contribution in [0.5, 0.6) is 5.75 Å². The Hall–Kier alpha value is -3.21. The van der Waals surface area contributed by atoms with Crippen LogP contribution in [0.15, 0.2) is 48.1 Å². The Morgan fingerprint density at radius 3 is 2.41 bits per heavy atom. The minimum atomic E-state index is -0.791. The van der Waals surface area contributed by atoms with Crippen LogP contribution >= 0.6 is 0 Å². The van der Waals surface area contributed by atoms with Crippen LogP contribution in [-0.4, -0.2) is 97.0 Å². The third-order valence-corrected chi connectivity index (χ3v) is 8.49. The maximum atomic E-state index is 13.3. The number of likely N-dealkylation sites (tertiary alicyclic amines) is 1. The molecule has 10 nitrogen and oxygen atoms in total. The molecule has 4 unspecified atom stereocenters. The highest BCUT2D eigenvalue weighted by Crippen LogP contribution is 2.46. The lowest BCUT2D eigenvalue weighted by atomic mass is 9.72. The Balaban J connectivity index is 1.27. The first kappa shape index (κ1) is 27.4. The fourth-order valence-corrected chi connectivity index (χ4v) is 5.67. The molecule has 0 aromatic heterocycles. The third-order valence-electron chi connectivity index (χ3n) is 8.49. The lowest BCUT2D eigenvalue weighted by Crippen LogP contribution is -2.74. The zero-order valence-corrected chi connectivity index (χ0v) is 23.1. The summed E-state index contributed by atoms with van der Waals surface area (Å²) >= 11 is 0.